The van der Waals surface area contributed by atoms with Gasteiger partial charge >= 0.3 is 5.97 Å². The molecule has 0 aromatic heterocycles. The number of rotatable bonds is 4. The number of primary amides is 1. The second-order valence-corrected chi connectivity index (χ2v) is 6.67. The van der Waals surface area contributed by atoms with E-state index in [1.54, 1.807) is 19.1 Å². The number of amides is 1. The lowest BCUT2D eigenvalue weighted by Crippen LogP contribution is -2.38. The molecule has 0 bridgehead atoms. The van der Waals surface area contributed by atoms with Crippen LogP contribution in [0, 0.1) is 0 Å². The third-order valence-electron chi connectivity index (χ3n) is 3.20. The summed E-state index contributed by atoms with van der Waals surface area (Å²) in [6.45, 7) is 1.80. The molecule has 1 aromatic carbocycles. The van der Waals surface area contributed by atoms with Crippen LogP contribution in [0.3, 0.4) is 0 Å². The fourth-order valence-corrected chi connectivity index (χ4v) is 3.55. The number of nitrogens with zero attached hydrogens (tertiary/aromatic N) is 1. The lowest BCUT2D eigenvalue weighted by Gasteiger charge is -2.29. The van der Waals surface area contributed by atoms with Crippen LogP contribution in [0.25, 0.3) is 5.76 Å². The second-order valence-electron chi connectivity index (χ2n) is 4.73. The number of esters is 1. The van der Waals surface area contributed by atoms with Gasteiger partial charge < -0.3 is 10.5 Å². The number of fused-ring (bicyclic) bond motifs is 1. The van der Waals surface area contributed by atoms with Gasteiger partial charge in [-0.15, -0.1) is 0 Å². The monoisotopic (exact) mass is 324 g/mol. The van der Waals surface area contributed by atoms with E-state index in [9.17, 15) is 18.0 Å². The molecule has 2 rings (SSSR count). The van der Waals surface area contributed by atoms with Gasteiger partial charge in [0.25, 0.3) is 15.9 Å². The quantitative estimate of drug-likeness (QED) is 0.825. The summed E-state index contributed by atoms with van der Waals surface area (Å²) in [4.78, 5) is 23.4. The van der Waals surface area contributed by atoms with E-state index in [0.717, 1.165) is 4.31 Å². The van der Waals surface area contributed by atoms with Crippen molar-refractivity contribution < 1.29 is 22.7 Å². The Balaban J connectivity index is 2.70. The van der Waals surface area contributed by atoms with Crippen LogP contribution in [0.1, 0.15) is 25.3 Å². The first-order chi connectivity index (χ1) is 10.3. The second kappa shape index (κ2) is 5.80. The molecule has 1 heterocycles. The Bertz CT molecular complexity index is 767. The van der Waals surface area contributed by atoms with Crippen LogP contribution in [0.5, 0.6) is 0 Å². The average molecular weight is 324 g/mol. The van der Waals surface area contributed by atoms with Gasteiger partial charge in [0.15, 0.2) is 11.5 Å². The van der Waals surface area contributed by atoms with Gasteiger partial charge in [-0.05, 0) is 18.6 Å². The summed E-state index contributed by atoms with van der Waals surface area (Å²) in [6, 6.07) is 5.99. The topological polar surface area (TPSA) is 107 Å². The van der Waals surface area contributed by atoms with Gasteiger partial charge in [-0.25, -0.2) is 8.42 Å². The molecule has 0 spiro atoms. The van der Waals surface area contributed by atoms with E-state index < -0.39 is 21.9 Å². The molecule has 0 atom stereocenters. The molecule has 8 heteroatoms. The van der Waals surface area contributed by atoms with E-state index in [4.69, 9.17) is 10.5 Å². The lowest BCUT2D eigenvalue weighted by atomic mass is 10.1. The number of ether oxygens (including phenoxy) is 1. The smallest absolute Gasteiger partial charge is 0.311 e. The standard InChI is InChI=1S/C14H16N2O5S/c1-3-6-11(17)21-13-9-7-4-5-8-10(9)22(19,20)16(2)12(13)14(15)18/h4-5,7-8H,3,6H2,1-2H3,(H2,15,18). The Morgan fingerprint density at radius 2 is 1.91 bits per heavy atom. The Labute approximate surface area is 128 Å². The van der Waals surface area contributed by atoms with Crippen molar-refractivity contribution in [1.82, 2.24) is 4.31 Å². The van der Waals surface area contributed by atoms with Gasteiger partial charge in [-0.2, -0.15) is 0 Å². The van der Waals surface area contributed by atoms with E-state index in [1.165, 1.54) is 19.2 Å². The molecule has 0 radical (unpaired) electrons. The summed E-state index contributed by atoms with van der Waals surface area (Å²) in [5.41, 5.74) is 5.08. The highest BCUT2D eigenvalue weighted by atomic mass is 32.2. The highest BCUT2D eigenvalue weighted by Gasteiger charge is 2.38. The molecule has 0 fully saturated rings. The summed E-state index contributed by atoms with van der Waals surface area (Å²) in [6.07, 6.45) is 0.710. The minimum absolute atomic E-state index is 0.0400. The van der Waals surface area contributed by atoms with Crippen molar-refractivity contribution in [3.63, 3.8) is 0 Å². The van der Waals surface area contributed by atoms with Crippen molar-refractivity contribution in [2.45, 2.75) is 24.7 Å². The number of likely N-dealkylation sites (N-methyl/N-ethyl adjacent to an activating group) is 1. The van der Waals surface area contributed by atoms with Gasteiger partial charge in [0.1, 0.15) is 0 Å². The van der Waals surface area contributed by atoms with E-state index in [-0.39, 0.29) is 28.3 Å². The van der Waals surface area contributed by atoms with E-state index in [1.807, 2.05) is 0 Å². The van der Waals surface area contributed by atoms with Crippen molar-refractivity contribution in [2.75, 3.05) is 7.05 Å². The highest BCUT2D eigenvalue weighted by Crippen LogP contribution is 2.36. The summed E-state index contributed by atoms with van der Waals surface area (Å²) in [7, 11) is -2.72. The molecule has 0 aliphatic carbocycles. The van der Waals surface area contributed by atoms with E-state index in [2.05, 4.69) is 0 Å². The van der Waals surface area contributed by atoms with Gasteiger partial charge in [0, 0.05) is 19.0 Å². The molecule has 1 amide bonds. The number of carbonyl (C=O) groups is 2. The molecule has 0 unspecified atom stereocenters. The Hall–Kier alpha value is -2.35. The highest BCUT2D eigenvalue weighted by molar-refractivity contribution is 7.89. The summed E-state index contributed by atoms with van der Waals surface area (Å²) in [5.74, 6) is -1.67. The number of benzene rings is 1. The predicted molar refractivity (Wildman–Crippen MR) is 78.5 cm³/mol. The van der Waals surface area contributed by atoms with Crippen molar-refractivity contribution in [3.8, 4) is 0 Å². The minimum atomic E-state index is -3.91. The molecular formula is C14H16N2O5S. The molecule has 0 saturated heterocycles. The van der Waals surface area contributed by atoms with Crippen molar-refractivity contribution in [2.24, 2.45) is 5.73 Å². The van der Waals surface area contributed by atoms with Crippen LogP contribution in [-0.4, -0.2) is 31.6 Å². The molecule has 1 aliphatic rings. The molecule has 7 nitrogen and oxygen atoms in total. The zero-order chi connectivity index (χ0) is 16.5. The fourth-order valence-electron chi connectivity index (χ4n) is 2.16. The van der Waals surface area contributed by atoms with Crippen LogP contribution in [-0.2, 0) is 24.3 Å². The van der Waals surface area contributed by atoms with E-state index >= 15 is 0 Å². The fraction of sp³-hybridized carbons (Fsp3) is 0.286. The normalized spacial score (nSPS) is 16.2. The van der Waals surface area contributed by atoms with Gasteiger partial charge in [-0.1, -0.05) is 19.1 Å². The van der Waals surface area contributed by atoms with Crippen LogP contribution in [0.2, 0.25) is 0 Å². The van der Waals surface area contributed by atoms with Crippen molar-refractivity contribution in [1.29, 1.82) is 0 Å². The third-order valence-corrected chi connectivity index (χ3v) is 5.02. The Morgan fingerprint density at radius 3 is 2.50 bits per heavy atom. The first-order valence-electron chi connectivity index (χ1n) is 6.63. The van der Waals surface area contributed by atoms with Gasteiger partial charge in [0.05, 0.1) is 4.90 Å². The molecule has 2 N–H and O–H groups in total. The van der Waals surface area contributed by atoms with Crippen molar-refractivity contribution in [3.05, 3.63) is 35.5 Å². The van der Waals surface area contributed by atoms with Crippen molar-refractivity contribution >= 4 is 27.7 Å². The minimum Gasteiger partial charge on any atom is -0.423 e. The lowest BCUT2D eigenvalue weighted by molar-refractivity contribution is -0.136. The first kappa shape index (κ1) is 16.0. The zero-order valence-corrected chi connectivity index (χ0v) is 13.0. The number of carbonyl (C=O) groups excluding carboxylic acids is 2. The average Bonchev–Trinajstić information content (AvgIpc) is 2.45. The number of hydrogen-bond donors (Lipinski definition) is 1. The number of nitrogens with two attached hydrogens (primary N) is 1. The maximum atomic E-state index is 12.4. The van der Waals surface area contributed by atoms with Crippen LogP contribution < -0.4 is 5.73 Å². The molecule has 1 aromatic rings. The van der Waals surface area contributed by atoms with Gasteiger partial charge in [0.2, 0.25) is 0 Å². The maximum absolute atomic E-state index is 12.4. The van der Waals surface area contributed by atoms with Gasteiger partial charge in [-0.3, -0.25) is 13.9 Å². The summed E-state index contributed by atoms with van der Waals surface area (Å²) in [5, 5.41) is 0. The Morgan fingerprint density at radius 1 is 1.27 bits per heavy atom. The van der Waals surface area contributed by atoms with Crippen LogP contribution >= 0.6 is 0 Å². The largest absolute Gasteiger partial charge is 0.423 e. The Kier molecular flexibility index (Phi) is 4.23. The third kappa shape index (κ3) is 2.57. The molecule has 22 heavy (non-hydrogen) atoms. The van der Waals surface area contributed by atoms with E-state index in [0.29, 0.717) is 6.42 Å². The van der Waals surface area contributed by atoms with Crippen LogP contribution in [0.15, 0.2) is 34.9 Å². The molecule has 0 saturated carbocycles. The molecular weight excluding hydrogens is 308 g/mol. The molecule has 1 aliphatic heterocycles. The SMILES string of the molecule is CCCC(=O)OC1=C(C(N)=O)N(C)S(=O)(=O)c2ccccc21. The molecule has 118 valence electrons. The number of hydrogen-bond acceptors (Lipinski definition) is 5. The van der Waals surface area contributed by atoms with Crippen LogP contribution in [0.4, 0.5) is 0 Å². The number of sulfonamides is 1. The predicted octanol–water partition coefficient (Wildman–Crippen LogP) is 0.818. The summed E-state index contributed by atoms with van der Waals surface area (Å²) < 4.78 is 30.8. The first-order valence-corrected chi connectivity index (χ1v) is 8.07. The summed E-state index contributed by atoms with van der Waals surface area (Å²) >= 11 is 0. The maximum Gasteiger partial charge on any atom is 0.311 e. The zero-order valence-electron chi connectivity index (χ0n) is 12.2.